The number of aromatic nitrogens is 2. The van der Waals surface area contributed by atoms with Gasteiger partial charge in [-0.2, -0.15) is 0 Å². The molecule has 2 unspecified atom stereocenters. The third-order valence-corrected chi connectivity index (χ3v) is 3.45. The quantitative estimate of drug-likeness (QED) is 0.603. The fourth-order valence-corrected chi connectivity index (χ4v) is 2.44. The van der Waals surface area contributed by atoms with E-state index in [1.54, 1.807) is 19.1 Å². The second-order valence-corrected chi connectivity index (χ2v) is 4.64. The first-order chi connectivity index (χ1) is 10.1. The molecular formula is C12H19N5O4. The van der Waals surface area contributed by atoms with E-state index >= 15 is 0 Å². The van der Waals surface area contributed by atoms with E-state index in [1.165, 1.54) is 6.33 Å². The Bertz CT molecular complexity index is 500. The predicted octanol–water partition coefficient (Wildman–Crippen LogP) is 0.667. The van der Waals surface area contributed by atoms with Gasteiger partial charge in [0.15, 0.2) is 0 Å². The van der Waals surface area contributed by atoms with Gasteiger partial charge in [0.1, 0.15) is 18.5 Å². The lowest BCUT2D eigenvalue weighted by molar-refractivity contribution is -0.383. The second kappa shape index (κ2) is 6.64. The van der Waals surface area contributed by atoms with Crippen molar-refractivity contribution in [3.8, 4) is 0 Å². The monoisotopic (exact) mass is 297 g/mol. The molecule has 2 heterocycles. The van der Waals surface area contributed by atoms with Gasteiger partial charge < -0.3 is 19.7 Å². The van der Waals surface area contributed by atoms with E-state index in [0.29, 0.717) is 19.6 Å². The Morgan fingerprint density at radius 2 is 2.00 bits per heavy atom. The fraction of sp³-hybridized carbons (Fsp3) is 0.667. The van der Waals surface area contributed by atoms with Crippen molar-refractivity contribution in [2.75, 3.05) is 44.1 Å². The molecule has 0 aromatic carbocycles. The number of hydrogen-bond donors (Lipinski definition) is 1. The molecule has 1 aromatic heterocycles. The lowest BCUT2D eigenvalue weighted by atomic mass is 10.3. The zero-order valence-corrected chi connectivity index (χ0v) is 12.3. The summed E-state index contributed by atoms with van der Waals surface area (Å²) < 4.78 is 10.7. The van der Waals surface area contributed by atoms with Crippen LogP contribution in [0.2, 0.25) is 0 Å². The van der Waals surface area contributed by atoms with Crippen LogP contribution in [0.3, 0.4) is 0 Å². The van der Waals surface area contributed by atoms with E-state index in [1.807, 2.05) is 6.92 Å². The Labute approximate surface area is 122 Å². The summed E-state index contributed by atoms with van der Waals surface area (Å²) >= 11 is 0. The van der Waals surface area contributed by atoms with Gasteiger partial charge in [0, 0.05) is 33.9 Å². The van der Waals surface area contributed by atoms with Crippen molar-refractivity contribution in [3.05, 3.63) is 16.4 Å². The molecule has 0 aliphatic carbocycles. The summed E-state index contributed by atoms with van der Waals surface area (Å²) in [4.78, 5) is 20.7. The molecule has 0 saturated carbocycles. The molecule has 0 spiro atoms. The summed E-state index contributed by atoms with van der Waals surface area (Å²) in [6, 6.07) is 0. The molecular weight excluding hydrogens is 278 g/mol. The molecule has 9 heteroatoms. The number of ether oxygens (including phenoxy) is 2. The van der Waals surface area contributed by atoms with Crippen molar-refractivity contribution in [2.45, 2.75) is 19.1 Å². The zero-order valence-electron chi connectivity index (χ0n) is 12.3. The highest BCUT2D eigenvalue weighted by atomic mass is 16.6. The van der Waals surface area contributed by atoms with Crippen LogP contribution in [0.1, 0.15) is 6.92 Å². The van der Waals surface area contributed by atoms with Crippen molar-refractivity contribution in [3.63, 3.8) is 0 Å². The van der Waals surface area contributed by atoms with Gasteiger partial charge in [0.05, 0.1) is 4.92 Å². The van der Waals surface area contributed by atoms with Crippen molar-refractivity contribution in [1.29, 1.82) is 0 Å². The van der Waals surface area contributed by atoms with Crippen LogP contribution in [0.25, 0.3) is 0 Å². The predicted molar refractivity (Wildman–Crippen MR) is 76.7 cm³/mol. The maximum absolute atomic E-state index is 11.4. The number of nitrogens with one attached hydrogen (secondary N) is 1. The highest BCUT2D eigenvalue weighted by Gasteiger charge is 2.37. The van der Waals surface area contributed by atoms with Crippen molar-refractivity contribution >= 4 is 17.3 Å². The van der Waals surface area contributed by atoms with Crippen molar-refractivity contribution in [2.24, 2.45) is 0 Å². The first-order valence-corrected chi connectivity index (χ1v) is 6.66. The molecule has 0 amide bonds. The first kappa shape index (κ1) is 15.4. The van der Waals surface area contributed by atoms with Crippen LogP contribution >= 0.6 is 0 Å². The summed E-state index contributed by atoms with van der Waals surface area (Å²) in [5.74, 6) is 0.509. The van der Waals surface area contributed by atoms with Gasteiger partial charge in [-0.1, -0.05) is 0 Å². The normalized spacial score (nSPS) is 21.6. The average Bonchev–Trinajstić information content (AvgIpc) is 2.90. The van der Waals surface area contributed by atoms with Gasteiger partial charge in [-0.05, 0) is 6.92 Å². The maximum atomic E-state index is 11.4. The number of anilines is 2. The minimum absolute atomic E-state index is 0.119. The van der Waals surface area contributed by atoms with Crippen LogP contribution < -0.4 is 10.2 Å². The molecule has 9 nitrogen and oxygen atoms in total. The largest absolute Gasteiger partial charge is 0.377 e. The molecule has 1 aromatic rings. The van der Waals surface area contributed by atoms with Gasteiger partial charge in [0.2, 0.25) is 11.6 Å². The molecule has 1 aliphatic rings. The summed E-state index contributed by atoms with van der Waals surface area (Å²) in [5.41, 5.74) is -0.119. The Balaban J connectivity index is 2.36. The minimum atomic E-state index is -0.463. The van der Waals surface area contributed by atoms with E-state index < -0.39 is 4.92 Å². The smallest absolute Gasteiger partial charge is 0.353 e. The van der Waals surface area contributed by atoms with E-state index in [2.05, 4.69) is 15.3 Å². The number of nitro groups is 1. The summed E-state index contributed by atoms with van der Waals surface area (Å²) in [7, 11) is 3.19. The first-order valence-electron chi connectivity index (χ1n) is 6.66. The summed E-state index contributed by atoms with van der Waals surface area (Å²) in [6.07, 6.45) is 1.03. The van der Waals surface area contributed by atoms with E-state index in [4.69, 9.17) is 9.47 Å². The zero-order chi connectivity index (χ0) is 15.4. The van der Waals surface area contributed by atoms with Crippen LogP contribution in [0.4, 0.5) is 17.3 Å². The summed E-state index contributed by atoms with van der Waals surface area (Å²) in [5, 5.41) is 14.3. The third-order valence-electron chi connectivity index (χ3n) is 3.45. The Morgan fingerprint density at radius 3 is 2.48 bits per heavy atom. The van der Waals surface area contributed by atoms with Gasteiger partial charge in [-0.25, -0.2) is 9.97 Å². The molecule has 0 bridgehead atoms. The Morgan fingerprint density at radius 1 is 1.38 bits per heavy atom. The van der Waals surface area contributed by atoms with Gasteiger partial charge >= 0.3 is 5.69 Å². The van der Waals surface area contributed by atoms with Crippen LogP contribution in [-0.2, 0) is 9.47 Å². The topological polar surface area (TPSA) is 103 Å². The molecule has 2 rings (SSSR count). The van der Waals surface area contributed by atoms with E-state index in [-0.39, 0.29) is 29.5 Å². The van der Waals surface area contributed by atoms with Crippen molar-refractivity contribution < 1.29 is 14.4 Å². The molecule has 116 valence electrons. The highest BCUT2D eigenvalue weighted by molar-refractivity contribution is 5.70. The number of rotatable bonds is 6. The fourth-order valence-electron chi connectivity index (χ4n) is 2.44. The Hall–Kier alpha value is -2.00. The number of nitrogens with zero attached hydrogens (tertiary/aromatic N) is 4. The molecule has 1 aliphatic heterocycles. The molecule has 21 heavy (non-hydrogen) atoms. The van der Waals surface area contributed by atoms with Crippen molar-refractivity contribution in [1.82, 2.24) is 9.97 Å². The van der Waals surface area contributed by atoms with Crippen LogP contribution in [-0.4, -0.2) is 61.0 Å². The lowest BCUT2D eigenvalue weighted by Crippen LogP contribution is -2.27. The highest BCUT2D eigenvalue weighted by Crippen LogP contribution is 2.34. The van der Waals surface area contributed by atoms with E-state index in [9.17, 15) is 10.1 Å². The SMILES string of the molecule is CCNc1ncnc(N2CC(OC)C(OC)C2)c1[N+](=O)[O-]. The second-order valence-electron chi connectivity index (χ2n) is 4.64. The lowest BCUT2D eigenvalue weighted by Gasteiger charge is -2.17. The number of methoxy groups -OCH3 is 2. The van der Waals surface area contributed by atoms with E-state index in [0.717, 1.165) is 0 Å². The molecule has 1 saturated heterocycles. The molecule has 1 fully saturated rings. The average molecular weight is 297 g/mol. The van der Waals surface area contributed by atoms with Gasteiger partial charge in [0.25, 0.3) is 0 Å². The molecule has 1 N–H and O–H groups in total. The van der Waals surface area contributed by atoms with Crippen LogP contribution in [0.5, 0.6) is 0 Å². The van der Waals surface area contributed by atoms with Crippen LogP contribution in [0, 0.1) is 10.1 Å². The standard InChI is InChI=1S/C12H19N5O4/c1-4-13-11-10(17(18)19)12(15-7-14-11)16-5-8(20-2)9(6-16)21-3/h7-9H,4-6H2,1-3H3,(H,13,14,15). The third kappa shape index (κ3) is 3.03. The molecule has 0 radical (unpaired) electrons. The van der Waals surface area contributed by atoms with Crippen LogP contribution in [0.15, 0.2) is 6.33 Å². The minimum Gasteiger partial charge on any atom is -0.377 e. The number of hydrogen-bond acceptors (Lipinski definition) is 8. The molecule has 2 atom stereocenters. The summed E-state index contributed by atoms with van der Waals surface area (Å²) in [6.45, 7) is 3.36. The maximum Gasteiger partial charge on any atom is 0.353 e. The Kier molecular flexibility index (Phi) is 4.86. The van der Waals surface area contributed by atoms with Gasteiger partial charge in [-0.15, -0.1) is 0 Å². The van der Waals surface area contributed by atoms with Gasteiger partial charge in [-0.3, -0.25) is 10.1 Å².